The molecule has 4 heteroatoms. The molecule has 0 aliphatic heterocycles. The minimum atomic E-state index is 0.666. The molecular weight excluding hydrogens is 188 g/mol. The molecule has 1 aromatic heterocycles. The molecule has 0 radical (unpaired) electrons. The summed E-state index contributed by atoms with van der Waals surface area (Å²) in [7, 11) is 2.17. The molecule has 15 heavy (non-hydrogen) atoms. The van der Waals surface area contributed by atoms with Gasteiger partial charge >= 0.3 is 0 Å². The monoisotopic (exact) mass is 210 g/mol. The lowest BCUT2D eigenvalue weighted by Crippen LogP contribution is -2.34. The van der Waals surface area contributed by atoms with Crippen molar-refractivity contribution < 1.29 is 0 Å². The molecule has 1 atom stereocenters. The molecule has 1 rings (SSSR count). The van der Waals surface area contributed by atoms with E-state index in [4.69, 9.17) is 0 Å². The fraction of sp³-hybridized carbons (Fsp3) is 0.727. The summed E-state index contributed by atoms with van der Waals surface area (Å²) in [5.74, 6) is 0. The average Bonchev–Trinajstić information content (AvgIpc) is 2.75. The summed E-state index contributed by atoms with van der Waals surface area (Å²) < 4.78 is 0. The van der Waals surface area contributed by atoms with Gasteiger partial charge in [0.05, 0.1) is 0 Å². The number of aromatic amines is 1. The molecule has 86 valence electrons. The highest BCUT2D eigenvalue weighted by Gasteiger charge is 2.05. The zero-order valence-corrected chi connectivity index (χ0v) is 9.95. The average molecular weight is 210 g/mol. The third kappa shape index (κ3) is 4.44. The van der Waals surface area contributed by atoms with E-state index in [9.17, 15) is 0 Å². The fourth-order valence-corrected chi connectivity index (χ4v) is 1.39. The van der Waals surface area contributed by atoms with E-state index in [1.54, 1.807) is 6.20 Å². The number of nitrogens with one attached hydrogen (secondary N) is 2. The van der Waals surface area contributed by atoms with Crippen LogP contribution in [0.3, 0.4) is 0 Å². The van der Waals surface area contributed by atoms with Crippen LogP contribution in [0.1, 0.15) is 26.0 Å². The van der Waals surface area contributed by atoms with E-state index in [1.165, 1.54) is 6.42 Å². The molecule has 0 saturated heterocycles. The summed E-state index contributed by atoms with van der Waals surface area (Å²) in [6.45, 7) is 7.45. The summed E-state index contributed by atoms with van der Waals surface area (Å²) in [6, 6.07) is 2.66. The molecule has 0 aliphatic rings. The predicted molar refractivity (Wildman–Crippen MR) is 62.7 cm³/mol. The van der Waals surface area contributed by atoms with Crippen molar-refractivity contribution in [2.75, 3.05) is 20.1 Å². The van der Waals surface area contributed by atoms with Gasteiger partial charge in [0, 0.05) is 37.6 Å². The zero-order valence-electron chi connectivity index (χ0n) is 9.95. The van der Waals surface area contributed by atoms with Crippen LogP contribution in [0.2, 0.25) is 0 Å². The Balaban J connectivity index is 2.06. The van der Waals surface area contributed by atoms with Crippen molar-refractivity contribution in [3.8, 4) is 0 Å². The molecule has 1 aromatic rings. The molecule has 0 saturated carbocycles. The highest BCUT2D eigenvalue weighted by molar-refractivity contribution is 4.96. The smallest absolute Gasteiger partial charge is 0.0490 e. The van der Waals surface area contributed by atoms with Gasteiger partial charge in [0.2, 0.25) is 0 Å². The van der Waals surface area contributed by atoms with Crippen LogP contribution in [0.15, 0.2) is 12.3 Å². The molecular formula is C11H22N4. The Kier molecular flexibility index (Phi) is 5.36. The molecule has 4 nitrogen and oxygen atoms in total. The van der Waals surface area contributed by atoms with Crippen LogP contribution in [0.4, 0.5) is 0 Å². The first kappa shape index (κ1) is 12.2. The van der Waals surface area contributed by atoms with Gasteiger partial charge in [-0.2, -0.15) is 5.10 Å². The van der Waals surface area contributed by atoms with E-state index in [2.05, 4.69) is 41.3 Å². The maximum Gasteiger partial charge on any atom is 0.0490 e. The summed E-state index contributed by atoms with van der Waals surface area (Å²) >= 11 is 0. The normalized spacial score (nSPS) is 13.3. The van der Waals surface area contributed by atoms with Gasteiger partial charge in [-0.05, 0) is 26.5 Å². The van der Waals surface area contributed by atoms with Gasteiger partial charge in [0.25, 0.3) is 0 Å². The molecule has 2 N–H and O–H groups in total. The first-order chi connectivity index (χ1) is 7.24. The number of likely N-dealkylation sites (N-methyl/N-ethyl adjacent to an activating group) is 1. The zero-order chi connectivity index (χ0) is 11.1. The van der Waals surface area contributed by atoms with Crippen LogP contribution in [0.25, 0.3) is 0 Å². The van der Waals surface area contributed by atoms with Crippen molar-refractivity contribution in [3.05, 3.63) is 18.0 Å². The van der Waals surface area contributed by atoms with Gasteiger partial charge in [-0.15, -0.1) is 0 Å². The standard InChI is InChI=1S/C11H22N4/c1-4-10(2)15(3)8-7-12-9-11-5-6-13-14-11/h5-6,10,12H,4,7-9H2,1-3H3,(H,13,14). The first-order valence-corrected chi connectivity index (χ1v) is 5.63. The Morgan fingerprint density at radius 2 is 2.40 bits per heavy atom. The van der Waals surface area contributed by atoms with E-state index in [0.717, 1.165) is 25.3 Å². The summed E-state index contributed by atoms with van der Waals surface area (Å²) in [5, 5.41) is 10.2. The molecule has 1 unspecified atom stereocenters. The van der Waals surface area contributed by atoms with E-state index in [-0.39, 0.29) is 0 Å². The quantitative estimate of drug-likeness (QED) is 0.665. The van der Waals surface area contributed by atoms with E-state index in [0.29, 0.717) is 6.04 Å². The Hall–Kier alpha value is -0.870. The number of hydrogen-bond donors (Lipinski definition) is 2. The lowest BCUT2D eigenvalue weighted by molar-refractivity contribution is 0.251. The van der Waals surface area contributed by atoms with Crippen LogP contribution in [-0.4, -0.2) is 41.3 Å². The van der Waals surface area contributed by atoms with Crippen molar-refractivity contribution >= 4 is 0 Å². The van der Waals surface area contributed by atoms with E-state index in [1.807, 2.05) is 6.07 Å². The molecule has 0 spiro atoms. The summed E-state index contributed by atoms with van der Waals surface area (Å²) in [4.78, 5) is 2.37. The highest BCUT2D eigenvalue weighted by Crippen LogP contribution is 1.98. The van der Waals surface area contributed by atoms with E-state index >= 15 is 0 Å². The van der Waals surface area contributed by atoms with Crippen molar-refractivity contribution in [2.45, 2.75) is 32.9 Å². The van der Waals surface area contributed by atoms with Crippen LogP contribution >= 0.6 is 0 Å². The lowest BCUT2D eigenvalue weighted by Gasteiger charge is -2.23. The Morgan fingerprint density at radius 3 is 3.00 bits per heavy atom. The largest absolute Gasteiger partial charge is 0.310 e. The molecule has 0 aliphatic carbocycles. The predicted octanol–water partition coefficient (Wildman–Crippen LogP) is 1.23. The Morgan fingerprint density at radius 1 is 1.60 bits per heavy atom. The van der Waals surface area contributed by atoms with Crippen LogP contribution < -0.4 is 5.32 Å². The molecule has 0 amide bonds. The third-order valence-electron chi connectivity index (χ3n) is 2.86. The second-order valence-electron chi connectivity index (χ2n) is 4.00. The highest BCUT2D eigenvalue weighted by atomic mass is 15.1. The van der Waals surface area contributed by atoms with Crippen molar-refractivity contribution in [1.29, 1.82) is 0 Å². The van der Waals surface area contributed by atoms with Crippen LogP contribution in [-0.2, 0) is 6.54 Å². The van der Waals surface area contributed by atoms with E-state index < -0.39 is 0 Å². The number of nitrogens with zero attached hydrogens (tertiary/aromatic N) is 2. The van der Waals surface area contributed by atoms with Crippen molar-refractivity contribution in [1.82, 2.24) is 20.4 Å². The first-order valence-electron chi connectivity index (χ1n) is 5.63. The molecule has 0 aromatic carbocycles. The Bertz CT molecular complexity index is 245. The van der Waals surface area contributed by atoms with Crippen molar-refractivity contribution in [2.24, 2.45) is 0 Å². The summed E-state index contributed by atoms with van der Waals surface area (Å²) in [5.41, 5.74) is 1.14. The third-order valence-corrected chi connectivity index (χ3v) is 2.86. The van der Waals surface area contributed by atoms with Crippen LogP contribution in [0.5, 0.6) is 0 Å². The maximum atomic E-state index is 3.90. The number of H-pyrrole nitrogens is 1. The number of aromatic nitrogens is 2. The van der Waals surface area contributed by atoms with Gasteiger partial charge < -0.3 is 10.2 Å². The molecule has 1 heterocycles. The molecule has 0 bridgehead atoms. The number of rotatable bonds is 7. The Labute approximate surface area is 92.1 Å². The SMILES string of the molecule is CCC(C)N(C)CCNCc1ccn[nH]1. The topological polar surface area (TPSA) is 44.0 Å². The summed E-state index contributed by atoms with van der Waals surface area (Å²) in [6.07, 6.45) is 2.99. The second-order valence-corrected chi connectivity index (χ2v) is 4.00. The fourth-order valence-electron chi connectivity index (χ4n) is 1.39. The van der Waals surface area contributed by atoms with Crippen LogP contribution in [0, 0.1) is 0 Å². The van der Waals surface area contributed by atoms with Gasteiger partial charge in [0.1, 0.15) is 0 Å². The van der Waals surface area contributed by atoms with Gasteiger partial charge in [0.15, 0.2) is 0 Å². The second kappa shape index (κ2) is 6.58. The van der Waals surface area contributed by atoms with Gasteiger partial charge in [-0.25, -0.2) is 0 Å². The maximum absolute atomic E-state index is 3.90. The lowest BCUT2D eigenvalue weighted by atomic mass is 10.2. The number of hydrogen-bond acceptors (Lipinski definition) is 3. The minimum absolute atomic E-state index is 0.666. The van der Waals surface area contributed by atoms with Crippen molar-refractivity contribution in [3.63, 3.8) is 0 Å². The molecule has 0 fully saturated rings. The minimum Gasteiger partial charge on any atom is -0.310 e. The van der Waals surface area contributed by atoms with Gasteiger partial charge in [-0.3, -0.25) is 5.10 Å². The van der Waals surface area contributed by atoms with Gasteiger partial charge in [-0.1, -0.05) is 6.92 Å².